The summed E-state index contributed by atoms with van der Waals surface area (Å²) in [6, 6.07) is 0. The molecule has 0 aliphatic rings. The summed E-state index contributed by atoms with van der Waals surface area (Å²) in [7, 11) is 0. The highest BCUT2D eigenvalue weighted by Gasteiger charge is 2.08. The molecule has 0 aliphatic carbocycles. The van der Waals surface area contributed by atoms with E-state index in [1.54, 1.807) is 17.8 Å². The van der Waals surface area contributed by atoms with Crippen molar-refractivity contribution < 1.29 is 0 Å². The molecule has 0 aliphatic heterocycles. The number of halogens is 2. The molecule has 3 N–H and O–H groups in total. The van der Waals surface area contributed by atoms with Crippen LogP contribution < -0.4 is 11.1 Å². The van der Waals surface area contributed by atoms with Gasteiger partial charge in [-0.2, -0.15) is 0 Å². The van der Waals surface area contributed by atoms with Crippen molar-refractivity contribution in [3.63, 3.8) is 0 Å². The Kier molecular flexibility index (Phi) is 26.5. The van der Waals surface area contributed by atoms with Gasteiger partial charge in [0.25, 0.3) is 0 Å². The van der Waals surface area contributed by atoms with Crippen LogP contribution in [0, 0.1) is 0 Å². The first-order valence-electron chi connectivity index (χ1n) is 12.2. The van der Waals surface area contributed by atoms with Crippen LogP contribution in [-0.4, -0.2) is 17.6 Å². The van der Waals surface area contributed by atoms with Gasteiger partial charge in [-0.15, -0.1) is 24.9 Å². The minimum absolute atomic E-state index is 0.771. The summed E-state index contributed by atoms with van der Waals surface area (Å²) < 4.78 is 1.84. The van der Waals surface area contributed by atoms with Crippen molar-refractivity contribution in [1.29, 1.82) is 0 Å². The maximum Gasteiger partial charge on any atom is 0.188 e. The summed E-state index contributed by atoms with van der Waals surface area (Å²) in [6.45, 7) is 18.9. The molecule has 0 radical (unpaired) electrons. The predicted octanol–water partition coefficient (Wildman–Crippen LogP) is 10.9. The highest BCUT2D eigenvalue weighted by Crippen LogP contribution is 2.31. The minimum Gasteiger partial charge on any atom is -0.390 e. The first kappa shape index (κ1) is 38.0. The number of nitrogens with zero attached hydrogens (tertiary/aromatic N) is 2. The molecule has 4 nitrogen and oxygen atoms in total. The highest BCUT2D eigenvalue weighted by molar-refractivity contribution is 9.14. The van der Waals surface area contributed by atoms with Crippen molar-refractivity contribution in [3.8, 4) is 0 Å². The molecule has 1 aromatic rings. The number of thiazole rings is 1. The van der Waals surface area contributed by atoms with Gasteiger partial charge in [0.05, 0.1) is 25.3 Å². The number of nitrogens with one attached hydrogen (secondary N) is 1. The molecule has 1 heterocycles. The van der Waals surface area contributed by atoms with Crippen LogP contribution in [0.5, 0.6) is 0 Å². The number of anilines is 1. The Morgan fingerprint density at radius 3 is 2.26 bits per heavy atom. The Hall–Kier alpha value is -2.13. The highest BCUT2D eigenvalue weighted by atomic mass is 79.9. The third-order valence-corrected chi connectivity index (χ3v) is 7.65. The fourth-order valence-electron chi connectivity index (χ4n) is 2.41. The maximum absolute atomic E-state index is 5.52. The maximum atomic E-state index is 5.52. The number of unbranched alkanes of at least 4 members (excludes halogenated alkanes) is 2. The van der Waals surface area contributed by atoms with Gasteiger partial charge in [0.2, 0.25) is 0 Å². The lowest BCUT2D eigenvalue weighted by Crippen LogP contribution is -1.95. The summed E-state index contributed by atoms with van der Waals surface area (Å²) in [5.74, 6) is 0. The SMILES string of the molecule is C=C/C(=C\C=C/C)Nc1nc(/C=C/C=C(\C=C/C)C(/N=CN)=C(\Br)SC)c(Br)s1.C=CCCCC=C.CC. The number of rotatable bonds is 14. The van der Waals surface area contributed by atoms with Gasteiger partial charge in [-0.05, 0) is 89.5 Å². The van der Waals surface area contributed by atoms with E-state index < -0.39 is 0 Å². The topological polar surface area (TPSA) is 63.3 Å². The fraction of sp³-hybridized carbons (Fsp3) is 0.267. The molecule has 38 heavy (non-hydrogen) atoms. The van der Waals surface area contributed by atoms with E-state index in [2.05, 4.69) is 66.9 Å². The largest absolute Gasteiger partial charge is 0.390 e. The van der Waals surface area contributed by atoms with E-state index in [9.17, 15) is 0 Å². The first-order valence-corrected chi connectivity index (χ1v) is 15.8. The summed E-state index contributed by atoms with van der Waals surface area (Å²) in [4.78, 5) is 8.90. The molecule has 0 atom stereocenters. The van der Waals surface area contributed by atoms with Crippen molar-refractivity contribution >= 4 is 72.5 Å². The van der Waals surface area contributed by atoms with Crippen LogP contribution in [0.15, 0.2) is 110 Å². The third kappa shape index (κ3) is 17.4. The Labute approximate surface area is 256 Å². The van der Waals surface area contributed by atoms with Crippen molar-refractivity contribution in [2.24, 2.45) is 10.7 Å². The summed E-state index contributed by atoms with van der Waals surface area (Å²) in [6.07, 6.45) is 28.0. The number of allylic oxidation sites excluding steroid dienone is 10. The lowest BCUT2D eigenvalue weighted by Gasteiger charge is -2.05. The minimum atomic E-state index is 0.771. The molecule has 1 rings (SSSR count). The summed E-state index contributed by atoms with van der Waals surface area (Å²) in [5.41, 5.74) is 8.93. The zero-order chi connectivity index (χ0) is 29.2. The zero-order valence-electron chi connectivity index (χ0n) is 23.2. The molecule has 0 bridgehead atoms. The van der Waals surface area contributed by atoms with Gasteiger partial charge < -0.3 is 11.1 Å². The number of hydrogen-bond donors (Lipinski definition) is 2. The van der Waals surface area contributed by atoms with Crippen LogP contribution in [0.25, 0.3) is 6.08 Å². The lowest BCUT2D eigenvalue weighted by molar-refractivity contribution is 0.871. The lowest BCUT2D eigenvalue weighted by atomic mass is 10.1. The first-order chi connectivity index (χ1) is 18.4. The quantitative estimate of drug-likeness (QED) is 0.0674. The zero-order valence-corrected chi connectivity index (χ0v) is 28.0. The molecule has 1 aromatic heterocycles. The second-order valence-electron chi connectivity index (χ2n) is 6.75. The normalized spacial score (nSPS) is 12.7. The molecule has 0 saturated carbocycles. The van der Waals surface area contributed by atoms with Gasteiger partial charge in [0.15, 0.2) is 5.13 Å². The molecule has 0 unspecified atom stereocenters. The van der Waals surface area contributed by atoms with Crippen LogP contribution in [-0.2, 0) is 0 Å². The predicted molar refractivity (Wildman–Crippen MR) is 186 cm³/mol. The van der Waals surface area contributed by atoms with Crippen LogP contribution in [0.2, 0.25) is 0 Å². The summed E-state index contributed by atoms with van der Waals surface area (Å²) >= 11 is 10.2. The molecular weight excluding hydrogens is 640 g/mol. The van der Waals surface area contributed by atoms with Crippen LogP contribution >= 0.6 is 55.0 Å². The van der Waals surface area contributed by atoms with Crippen LogP contribution in [0.1, 0.15) is 52.7 Å². The standard InChI is InChI=1S/C21H24Br2N4S2.C7H12.C2H6/c1-5-8-12-16(7-3)26-21-27-17(19(22)29-21)13-9-11-15(10-6-2)18(25-14-24)20(23)28-4;1-3-5-7-6-4-2;1-2/h5-14H,3H2,1-2,4H3,(H2,24,25)(H,26,27);3-4H,1-2,5-7H2;1-2H3/b8-5-,10-6-,13-9+,15-11+,16-12+,20-18-;;. The number of nitrogens with two attached hydrogens (primary N) is 1. The molecule has 0 aromatic carbocycles. The van der Waals surface area contributed by atoms with Gasteiger partial charge in [0, 0.05) is 11.3 Å². The fourth-order valence-corrected chi connectivity index (χ4v) is 4.48. The Bertz CT molecular complexity index is 1030. The van der Waals surface area contributed by atoms with Crippen molar-refractivity contribution in [1.82, 2.24) is 4.98 Å². The van der Waals surface area contributed by atoms with Crippen molar-refractivity contribution in [2.75, 3.05) is 11.6 Å². The van der Waals surface area contributed by atoms with Gasteiger partial charge >= 0.3 is 0 Å². The number of aromatic nitrogens is 1. The smallest absolute Gasteiger partial charge is 0.188 e. The van der Waals surface area contributed by atoms with Gasteiger partial charge in [0.1, 0.15) is 0 Å². The second-order valence-corrected chi connectivity index (χ2v) is 11.2. The Morgan fingerprint density at radius 1 is 1.11 bits per heavy atom. The average molecular weight is 683 g/mol. The van der Waals surface area contributed by atoms with Crippen molar-refractivity contribution in [3.05, 3.63) is 111 Å². The van der Waals surface area contributed by atoms with Gasteiger partial charge in [-0.25, -0.2) is 9.98 Å². The Balaban J connectivity index is 0. The van der Waals surface area contributed by atoms with Gasteiger partial charge in [-0.3, -0.25) is 0 Å². The number of aliphatic imine (C=N–C) groups is 1. The summed E-state index contributed by atoms with van der Waals surface area (Å²) in [5, 5.41) is 4.04. The Morgan fingerprint density at radius 2 is 1.76 bits per heavy atom. The molecule has 0 saturated heterocycles. The number of thioether (sulfide) groups is 1. The van der Waals surface area contributed by atoms with E-state index >= 15 is 0 Å². The monoisotopic (exact) mass is 680 g/mol. The molecule has 0 fully saturated rings. The van der Waals surface area contributed by atoms with E-state index in [0.29, 0.717) is 0 Å². The van der Waals surface area contributed by atoms with Crippen LogP contribution in [0.3, 0.4) is 0 Å². The van der Waals surface area contributed by atoms with Crippen molar-refractivity contribution in [2.45, 2.75) is 47.0 Å². The van der Waals surface area contributed by atoms with E-state index in [-0.39, 0.29) is 0 Å². The van der Waals surface area contributed by atoms with E-state index in [4.69, 9.17) is 5.73 Å². The van der Waals surface area contributed by atoms with Gasteiger partial charge in [-0.1, -0.05) is 80.4 Å². The molecule has 0 spiro atoms. The molecule has 8 heteroatoms. The average Bonchev–Trinajstić information content (AvgIpc) is 3.29. The molecular formula is C30H42Br2N4S2. The second kappa shape index (κ2) is 26.5. The molecule has 208 valence electrons. The van der Waals surface area contributed by atoms with E-state index in [1.165, 1.54) is 24.1 Å². The third-order valence-electron chi connectivity index (χ3n) is 4.08. The number of hydrogen-bond acceptors (Lipinski definition) is 5. The van der Waals surface area contributed by atoms with Crippen LogP contribution in [0.4, 0.5) is 5.13 Å². The molecule has 0 amide bonds. The van der Waals surface area contributed by atoms with E-state index in [0.717, 1.165) is 48.2 Å². The van der Waals surface area contributed by atoms with E-state index in [1.807, 2.05) is 94.7 Å².